The van der Waals surface area contributed by atoms with Crippen LogP contribution in [0.15, 0.2) is 36.4 Å². The zero-order valence-corrected chi connectivity index (χ0v) is 10.7. The topological polar surface area (TPSA) is 35.2 Å². The number of benzene rings is 2. The Morgan fingerprint density at radius 2 is 2.06 bits per heavy atom. The molecule has 0 aliphatic rings. The molecular weight excluding hydrogens is 253 g/mol. The summed E-state index contributed by atoms with van der Waals surface area (Å²) in [5.41, 5.74) is 7.61. The summed E-state index contributed by atoms with van der Waals surface area (Å²) in [6.07, 6.45) is 0. The molecule has 0 spiro atoms. The predicted molar refractivity (Wildman–Crippen MR) is 70.6 cm³/mol. The van der Waals surface area contributed by atoms with Gasteiger partial charge in [-0.25, -0.2) is 4.39 Å². The molecule has 0 atom stereocenters. The number of hydrogen-bond donors (Lipinski definition) is 1. The lowest BCUT2D eigenvalue weighted by molar-refractivity contribution is 0.442. The van der Waals surface area contributed by atoms with Crippen molar-refractivity contribution in [1.82, 2.24) is 0 Å². The molecule has 2 aromatic carbocycles. The van der Waals surface area contributed by atoms with E-state index in [0.29, 0.717) is 12.3 Å². The summed E-state index contributed by atoms with van der Waals surface area (Å²) < 4.78 is 19.0. The predicted octanol–water partition coefficient (Wildman–Crippen LogP) is 4.04. The van der Waals surface area contributed by atoms with E-state index in [2.05, 4.69) is 0 Å². The number of halogens is 2. The average Bonchev–Trinajstić information content (AvgIpc) is 2.34. The summed E-state index contributed by atoms with van der Waals surface area (Å²) in [6, 6.07) is 9.85. The molecule has 2 rings (SSSR count). The monoisotopic (exact) mass is 265 g/mol. The van der Waals surface area contributed by atoms with Gasteiger partial charge >= 0.3 is 0 Å². The second-order valence-corrected chi connectivity index (χ2v) is 4.35. The van der Waals surface area contributed by atoms with Gasteiger partial charge in [0.15, 0.2) is 11.6 Å². The molecule has 0 saturated carbocycles. The van der Waals surface area contributed by atoms with Crippen molar-refractivity contribution in [2.75, 3.05) is 0 Å². The van der Waals surface area contributed by atoms with Crippen LogP contribution >= 0.6 is 11.6 Å². The van der Waals surface area contributed by atoms with Gasteiger partial charge in [0.05, 0.1) is 5.02 Å². The zero-order chi connectivity index (χ0) is 13.1. The van der Waals surface area contributed by atoms with Gasteiger partial charge in [-0.15, -0.1) is 0 Å². The maximum absolute atomic E-state index is 13.6. The normalized spacial score (nSPS) is 10.4. The first kappa shape index (κ1) is 12.9. The van der Waals surface area contributed by atoms with Crippen LogP contribution in [0.5, 0.6) is 11.5 Å². The zero-order valence-electron chi connectivity index (χ0n) is 9.91. The van der Waals surface area contributed by atoms with Gasteiger partial charge in [0.2, 0.25) is 0 Å². The van der Waals surface area contributed by atoms with Crippen molar-refractivity contribution < 1.29 is 9.13 Å². The minimum Gasteiger partial charge on any atom is -0.453 e. The van der Waals surface area contributed by atoms with Crippen molar-refractivity contribution >= 4 is 11.6 Å². The highest BCUT2D eigenvalue weighted by Crippen LogP contribution is 2.32. The van der Waals surface area contributed by atoms with Crippen molar-refractivity contribution in [3.63, 3.8) is 0 Å². The van der Waals surface area contributed by atoms with E-state index in [-0.39, 0.29) is 10.8 Å². The molecule has 4 heteroatoms. The molecule has 0 bridgehead atoms. The SMILES string of the molecule is Cc1cc(Oc2c(F)cccc2Cl)ccc1CN. The lowest BCUT2D eigenvalue weighted by Crippen LogP contribution is -1.99. The first-order valence-electron chi connectivity index (χ1n) is 5.53. The molecule has 0 aromatic heterocycles. The average molecular weight is 266 g/mol. The molecule has 18 heavy (non-hydrogen) atoms. The highest BCUT2D eigenvalue weighted by atomic mass is 35.5. The maximum Gasteiger partial charge on any atom is 0.181 e. The van der Waals surface area contributed by atoms with Crippen LogP contribution in [0, 0.1) is 12.7 Å². The van der Waals surface area contributed by atoms with Crippen LogP contribution in [-0.4, -0.2) is 0 Å². The molecule has 0 fully saturated rings. The molecule has 2 nitrogen and oxygen atoms in total. The lowest BCUT2D eigenvalue weighted by atomic mass is 10.1. The first-order valence-corrected chi connectivity index (χ1v) is 5.91. The van der Waals surface area contributed by atoms with Crippen LogP contribution in [0.3, 0.4) is 0 Å². The van der Waals surface area contributed by atoms with Crippen molar-refractivity contribution in [2.45, 2.75) is 13.5 Å². The quantitative estimate of drug-likeness (QED) is 0.909. The molecule has 0 unspecified atom stereocenters. The van der Waals surface area contributed by atoms with Crippen molar-refractivity contribution in [2.24, 2.45) is 5.73 Å². The number of para-hydroxylation sites is 1. The molecule has 2 N–H and O–H groups in total. The number of aryl methyl sites for hydroxylation is 1. The molecule has 0 amide bonds. The Morgan fingerprint density at radius 1 is 1.28 bits per heavy atom. The van der Waals surface area contributed by atoms with E-state index >= 15 is 0 Å². The summed E-state index contributed by atoms with van der Waals surface area (Å²) >= 11 is 5.89. The summed E-state index contributed by atoms with van der Waals surface area (Å²) in [5, 5.41) is 0.246. The third-order valence-electron chi connectivity index (χ3n) is 2.67. The Kier molecular flexibility index (Phi) is 3.84. The highest BCUT2D eigenvalue weighted by molar-refractivity contribution is 6.32. The van der Waals surface area contributed by atoms with E-state index in [4.69, 9.17) is 22.1 Å². The second kappa shape index (κ2) is 5.38. The van der Waals surface area contributed by atoms with Crippen LogP contribution in [0.1, 0.15) is 11.1 Å². The van der Waals surface area contributed by atoms with Crippen LogP contribution in [0.25, 0.3) is 0 Å². The summed E-state index contributed by atoms with van der Waals surface area (Å²) in [6.45, 7) is 2.39. The number of rotatable bonds is 3. The Hall–Kier alpha value is -1.58. The molecule has 0 radical (unpaired) electrons. The van der Waals surface area contributed by atoms with Gasteiger partial charge in [-0.05, 0) is 42.3 Å². The van der Waals surface area contributed by atoms with E-state index in [1.165, 1.54) is 12.1 Å². The van der Waals surface area contributed by atoms with E-state index < -0.39 is 5.82 Å². The summed E-state index contributed by atoms with van der Waals surface area (Å²) in [4.78, 5) is 0. The van der Waals surface area contributed by atoms with Gasteiger partial charge in [0.1, 0.15) is 5.75 Å². The first-order chi connectivity index (χ1) is 8.61. The number of hydrogen-bond acceptors (Lipinski definition) is 2. The second-order valence-electron chi connectivity index (χ2n) is 3.95. The molecule has 0 aliphatic carbocycles. The molecular formula is C14H13ClFNO. The molecule has 0 saturated heterocycles. The molecule has 94 valence electrons. The summed E-state index contributed by atoms with van der Waals surface area (Å²) in [5.74, 6) is 0.0961. The van der Waals surface area contributed by atoms with Crippen LogP contribution in [0.2, 0.25) is 5.02 Å². The van der Waals surface area contributed by atoms with Crippen LogP contribution < -0.4 is 10.5 Å². The van der Waals surface area contributed by atoms with E-state index in [1.54, 1.807) is 12.1 Å². The van der Waals surface area contributed by atoms with Gasteiger partial charge in [0, 0.05) is 6.54 Å². The van der Waals surface area contributed by atoms with Crippen LogP contribution in [0.4, 0.5) is 4.39 Å². The van der Waals surface area contributed by atoms with Gasteiger partial charge in [0.25, 0.3) is 0 Å². The van der Waals surface area contributed by atoms with Crippen molar-refractivity contribution in [1.29, 1.82) is 0 Å². The minimum atomic E-state index is -0.483. The highest BCUT2D eigenvalue weighted by Gasteiger charge is 2.09. The molecule has 0 aliphatic heterocycles. The Bertz CT molecular complexity index is 551. The standard InChI is InChI=1S/C14H13ClFNO/c1-9-7-11(6-5-10(9)8-17)18-14-12(15)3-2-4-13(14)16/h2-7H,8,17H2,1H3. The minimum absolute atomic E-state index is 0.0408. The fourth-order valence-electron chi connectivity index (χ4n) is 1.66. The third-order valence-corrected chi connectivity index (χ3v) is 2.97. The molecule has 2 aromatic rings. The van der Waals surface area contributed by atoms with Gasteiger partial charge in [-0.3, -0.25) is 0 Å². The van der Waals surface area contributed by atoms with Crippen molar-refractivity contribution in [3.05, 3.63) is 58.4 Å². The Balaban J connectivity index is 2.32. The van der Waals surface area contributed by atoms with Crippen molar-refractivity contribution in [3.8, 4) is 11.5 Å². The maximum atomic E-state index is 13.6. The third kappa shape index (κ3) is 2.63. The molecule has 0 heterocycles. The Labute approximate surface area is 110 Å². The lowest BCUT2D eigenvalue weighted by Gasteiger charge is -2.10. The number of ether oxygens (including phenoxy) is 1. The Morgan fingerprint density at radius 3 is 2.67 bits per heavy atom. The largest absolute Gasteiger partial charge is 0.453 e. The fraction of sp³-hybridized carbons (Fsp3) is 0.143. The van der Waals surface area contributed by atoms with E-state index in [9.17, 15) is 4.39 Å². The van der Waals surface area contributed by atoms with E-state index in [0.717, 1.165) is 11.1 Å². The summed E-state index contributed by atoms with van der Waals surface area (Å²) in [7, 11) is 0. The van der Waals surface area contributed by atoms with Gasteiger partial charge in [-0.2, -0.15) is 0 Å². The fourth-order valence-corrected chi connectivity index (χ4v) is 1.86. The van der Waals surface area contributed by atoms with E-state index in [1.807, 2.05) is 19.1 Å². The van der Waals surface area contributed by atoms with Gasteiger partial charge < -0.3 is 10.5 Å². The smallest absolute Gasteiger partial charge is 0.181 e. The van der Waals surface area contributed by atoms with Crippen LogP contribution in [-0.2, 0) is 6.54 Å². The number of nitrogens with two attached hydrogens (primary N) is 1. The van der Waals surface area contributed by atoms with Gasteiger partial charge in [-0.1, -0.05) is 23.7 Å².